The van der Waals surface area contributed by atoms with Crippen molar-refractivity contribution in [1.82, 2.24) is 20.0 Å². The topological polar surface area (TPSA) is 101 Å². The van der Waals surface area contributed by atoms with Crippen molar-refractivity contribution in [2.45, 2.75) is 6.42 Å². The molecule has 3 heterocycles. The fraction of sp³-hybridized carbons (Fsp3) is 0.333. The lowest BCUT2D eigenvalue weighted by Gasteiger charge is -2.26. The second-order valence-corrected chi connectivity index (χ2v) is 8.52. The normalized spacial score (nSPS) is 13.6. The van der Waals surface area contributed by atoms with Crippen molar-refractivity contribution in [2.75, 3.05) is 58.4 Å². The van der Waals surface area contributed by atoms with Crippen molar-refractivity contribution >= 4 is 17.6 Å². The van der Waals surface area contributed by atoms with Crippen LogP contribution >= 0.6 is 0 Å². The lowest BCUT2D eigenvalue weighted by molar-refractivity contribution is -0.131. The molecule has 194 valence electrons. The second-order valence-electron chi connectivity index (χ2n) is 8.52. The predicted octanol–water partition coefficient (Wildman–Crippen LogP) is 3.12. The van der Waals surface area contributed by atoms with Crippen LogP contribution in [0.15, 0.2) is 65.8 Å². The minimum Gasteiger partial charge on any atom is -0.497 e. The van der Waals surface area contributed by atoms with Gasteiger partial charge in [-0.15, -0.1) is 16.8 Å². The van der Waals surface area contributed by atoms with E-state index in [2.05, 4.69) is 21.7 Å². The molecule has 37 heavy (non-hydrogen) atoms. The fourth-order valence-electron chi connectivity index (χ4n) is 4.24. The second kappa shape index (κ2) is 12.1. The standard InChI is InChI=1S/C27H31N5O5/c1-4-12-32(27(34)23-7-5-17-37-23)19-26(33)31-14-6-13-30(15-16-31)25-11-10-22(28-29-25)21-9-8-20(35-2)18-24(21)36-3/h4-5,7-11,17-18H,1,6,12-16,19H2,2-3H3. The number of benzene rings is 1. The van der Waals surface area contributed by atoms with Crippen LogP contribution < -0.4 is 14.4 Å². The number of amides is 2. The van der Waals surface area contributed by atoms with Gasteiger partial charge in [0.15, 0.2) is 11.6 Å². The number of aromatic nitrogens is 2. The number of rotatable bonds is 9. The van der Waals surface area contributed by atoms with Crippen molar-refractivity contribution in [3.63, 3.8) is 0 Å². The highest BCUT2D eigenvalue weighted by Gasteiger charge is 2.25. The number of carbonyl (C=O) groups is 2. The molecule has 0 unspecified atom stereocenters. The zero-order valence-electron chi connectivity index (χ0n) is 21.1. The first-order valence-corrected chi connectivity index (χ1v) is 12.1. The molecule has 10 heteroatoms. The third kappa shape index (κ3) is 6.08. The Bertz CT molecular complexity index is 1210. The Hall–Kier alpha value is -4.34. The van der Waals surface area contributed by atoms with E-state index in [9.17, 15) is 9.59 Å². The molecule has 0 aliphatic carbocycles. The summed E-state index contributed by atoms with van der Waals surface area (Å²) in [5.41, 5.74) is 1.52. The maximum absolute atomic E-state index is 13.1. The fourth-order valence-corrected chi connectivity index (χ4v) is 4.24. The summed E-state index contributed by atoms with van der Waals surface area (Å²) in [4.78, 5) is 31.1. The van der Waals surface area contributed by atoms with Crippen molar-refractivity contribution in [1.29, 1.82) is 0 Å². The van der Waals surface area contributed by atoms with Crippen molar-refractivity contribution in [3.8, 4) is 22.8 Å². The van der Waals surface area contributed by atoms with Crippen LogP contribution in [0.4, 0.5) is 5.82 Å². The summed E-state index contributed by atoms with van der Waals surface area (Å²) >= 11 is 0. The highest BCUT2D eigenvalue weighted by Crippen LogP contribution is 2.32. The molecule has 1 aromatic carbocycles. The minimum absolute atomic E-state index is 0.0379. The smallest absolute Gasteiger partial charge is 0.290 e. The maximum atomic E-state index is 13.1. The molecule has 3 aromatic rings. The maximum Gasteiger partial charge on any atom is 0.290 e. The first kappa shape index (κ1) is 25.7. The summed E-state index contributed by atoms with van der Waals surface area (Å²) < 4.78 is 16.0. The summed E-state index contributed by atoms with van der Waals surface area (Å²) in [7, 11) is 3.21. The van der Waals surface area contributed by atoms with Gasteiger partial charge in [0.05, 0.1) is 26.2 Å². The van der Waals surface area contributed by atoms with E-state index in [1.54, 1.807) is 37.3 Å². The molecule has 0 saturated carbocycles. The third-order valence-corrected chi connectivity index (χ3v) is 6.20. The average Bonchev–Trinajstić information content (AvgIpc) is 3.36. The highest BCUT2D eigenvalue weighted by molar-refractivity contribution is 5.94. The number of anilines is 1. The van der Waals surface area contributed by atoms with Gasteiger partial charge in [-0.05, 0) is 42.8 Å². The lowest BCUT2D eigenvalue weighted by atomic mass is 10.1. The van der Waals surface area contributed by atoms with Gasteiger partial charge in [0.25, 0.3) is 5.91 Å². The lowest BCUT2D eigenvalue weighted by Crippen LogP contribution is -2.44. The van der Waals surface area contributed by atoms with E-state index in [1.807, 2.05) is 30.3 Å². The molecule has 10 nitrogen and oxygen atoms in total. The number of carbonyl (C=O) groups excluding carboxylic acids is 2. The van der Waals surface area contributed by atoms with E-state index in [1.165, 1.54) is 11.2 Å². The van der Waals surface area contributed by atoms with Crippen LogP contribution in [0, 0.1) is 0 Å². The quantitative estimate of drug-likeness (QED) is 0.409. The molecule has 4 rings (SSSR count). The number of nitrogens with zero attached hydrogens (tertiary/aromatic N) is 5. The molecule has 0 atom stereocenters. The minimum atomic E-state index is -0.335. The Kier molecular flexibility index (Phi) is 8.40. The zero-order chi connectivity index (χ0) is 26.2. The van der Waals surface area contributed by atoms with E-state index in [0.717, 1.165) is 24.3 Å². The van der Waals surface area contributed by atoms with Gasteiger partial charge in [-0.25, -0.2) is 0 Å². The summed E-state index contributed by atoms with van der Waals surface area (Å²) in [6.07, 6.45) is 3.81. The number of ether oxygens (including phenoxy) is 2. The SMILES string of the molecule is C=CCN(CC(=O)N1CCCN(c2ccc(-c3ccc(OC)cc3OC)nn2)CC1)C(=O)c1ccco1. The molecule has 2 amide bonds. The van der Waals surface area contributed by atoms with Crippen LogP contribution in [0.25, 0.3) is 11.3 Å². The predicted molar refractivity (Wildman–Crippen MR) is 139 cm³/mol. The van der Waals surface area contributed by atoms with Crippen LogP contribution in [0.2, 0.25) is 0 Å². The van der Waals surface area contributed by atoms with Crippen LogP contribution in [0.5, 0.6) is 11.5 Å². The van der Waals surface area contributed by atoms with Gasteiger partial charge in [0.2, 0.25) is 5.91 Å². The first-order chi connectivity index (χ1) is 18.0. The van der Waals surface area contributed by atoms with Gasteiger partial charge in [0.1, 0.15) is 18.0 Å². The molecule has 1 fully saturated rings. The Labute approximate surface area is 216 Å². The molecule has 1 aliphatic heterocycles. The molecular weight excluding hydrogens is 474 g/mol. The third-order valence-electron chi connectivity index (χ3n) is 6.20. The van der Waals surface area contributed by atoms with E-state index < -0.39 is 0 Å². The molecule has 1 saturated heterocycles. The van der Waals surface area contributed by atoms with Crippen LogP contribution in [-0.4, -0.2) is 85.3 Å². The highest BCUT2D eigenvalue weighted by atomic mass is 16.5. The molecule has 0 N–H and O–H groups in total. The van der Waals surface area contributed by atoms with Crippen molar-refractivity contribution < 1.29 is 23.5 Å². The van der Waals surface area contributed by atoms with Crippen LogP contribution in [0.3, 0.4) is 0 Å². The zero-order valence-corrected chi connectivity index (χ0v) is 21.1. The van der Waals surface area contributed by atoms with Crippen molar-refractivity contribution in [2.24, 2.45) is 0 Å². The average molecular weight is 506 g/mol. The number of hydrogen-bond acceptors (Lipinski definition) is 8. The molecule has 2 aromatic heterocycles. The van der Waals surface area contributed by atoms with Crippen molar-refractivity contribution in [3.05, 3.63) is 67.1 Å². The number of furan rings is 1. The molecule has 1 aliphatic rings. The Morgan fingerprint density at radius 1 is 1.08 bits per heavy atom. The molecule has 0 radical (unpaired) electrons. The molecule has 0 spiro atoms. The van der Waals surface area contributed by atoms with Gasteiger partial charge in [-0.1, -0.05) is 6.08 Å². The van der Waals surface area contributed by atoms with Crippen LogP contribution in [-0.2, 0) is 4.79 Å². The van der Waals surface area contributed by atoms with Gasteiger partial charge >= 0.3 is 0 Å². The Morgan fingerprint density at radius 3 is 2.62 bits per heavy atom. The Balaban J connectivity index is 1.39. The van der Waals surface area contributed by atoms with Gasteiger partial charge in [0, 0.05) is 44.4 Å². The number of methoxy groups -OCH3 is 2. The molecular formula is C27H31N5O5. The molecule has 0 bridgehead atoms. The number of hydrogen-bond donors (Lipinski definition) is 0. The van der Waals surface area contributed by atoms with Gasteiger partial charge < -0.3 is 28.6 Å². The van der Waals surface area contributed by atoms with E-state index >= 15 is 0 Å². The summed E-state index contributed by atoms with van der Waals surface area (Å²) in [5, 5.41) is 8.87. The van der Waals surface area contributed by atoms with E-state index in [-0.39, 0.29) is 30.7 Å². The van der Waals surface area contributed by atoms with Crippen LogP contribution in [0.1, 0.15) is 17.0 Å². The summed E-state index contributed by atoms with van der Waals surface area (Å²) in [6, 6.07) is 12.6. The van der Waals surface area contributed by atoms with Gasteiger partial charge in [-0.2, -0.15) is 0 Å². The summed E-state index contributed by atoms with van der Waals surface area (Å²) in [5.74, 6) is 1.85. The largest absolute Gasteiger partial charge is 0.497 e. The Morgan fingerprint density at radius 2 is 1.95 bits per heavy atom. The van der Waals surface area contributed by atoms with E-state index in [4.69, 9.17) is 13.9 Å². The first-order valence-electron chi connectivity index (χ1n) is 12.1. The van der Waals surface area contributed by atoms with Gasteiger partial charge in [-0.3, -0.25) is 9.59 Å². The summed E-state index contributed by atoms with van der Waals surface area (Å²) in [6.45, 7) is 6.39. The van der Waals surface area contributed by atoms with E-state index in [0.29, 0.717) is 36.8 Å². The monoisotopic (exact) mass is 505 g/mol.